The molecule has 32 heavy (non-hydrogen) atoms. The topological polar surface area (TPSA) is 94.4 Å². The predicted molar refractivity (Wildman–Crippen MR) is 128 cm³/mol. The molecule has 0 aliphatic carbocycles. The van der Waals surface area contributed by atoms with Gasteiger partial charge in [-0.2, -0.15) is 5.10 Å². The number of aromatic amines is 1. The Balaban J connectivity index is 1.40. The number of piperidine rings is 1. The smallest absolute Gasteiger partial charge is 0.214 e. The number of imidazole rings is 1. The standard InChI is InChI=1S/C23H29N7OS/c1-22(2)9-16(10-23(3,4)28-22)29(5)21-27-30-13-18(26-20(30)32-21)17-7-6-14(8-19(17)31)15-11-24-25-12-15/h6-8,11-13,16,28,31H,9-10H2,1-5H3,(H,24,25). The van der Waals surface area contributed by atoms with Crippen molar-refractivity contribution in [2.24, 2.45) is 0 Å². The fourth-order valence-electron chi connectivity index (χ4n) is 5.00. The van der Waals surface area contributed by atoms with E-state index in [1.54, 1.807) is 29.8 Å². The summed E-state index contributed by atoms with van der Waals surface area (Å²) in [7, 11) is 2.13. The third kappa shape index (κ3) is 3.86. The normalized spacial score (nSPS) is 18.3. The van der Waals surface area contributed by atoms with Gasteiger partial charge >= 0.3 is 0 Å². The molecule has 4 heterocycles. The van der Waals surface area contributed by atoms with Crippen molar-refractivity contribution in [1.82, 2.24) is 30.1 Å². The Morgan fingerprint density at radius 1 is 1.16 bits per heavy atom. The minimum absolute atomic E-state index is 0.0748. The number of H-pyrrole nitrogens is 1. The molecule has 1 aliphatic heterocycles. The number of nitrogens with one attached hydrogen (secondary N) is 2. The van der Waals surface area contributed by atoms with E-state index in [4.69, 9.17) is 10.1 Å². The van der Waals surface area contributed by atoms with Crippen LogP contribution in [-0.2, 0) is 0 Å². The predicted octanol–water partition coefficient (Wildman–Crippen LogP) is 4.30. The Morgan fingerprint density at radius 3 is 2.53 bits per heavy atom. The highest BCUT2D eigenvalue weighted by molar-refractivity contribution is 7.20. The number of hydrogen-bond donors (Lipinski definition) is 3. The lowest BCUT2D eigenvalue weighted by molar-refractivity contribution is 0.161. The molecule has 0 atom stereocenters. The first-order valence-electron chi connectivity index (χ1n) is 10.8. The summed E-state index contributed by atoms with van der Waals surface area (Å²) in [6, 6.07) is 5.98. The van der Waals surface area contributed by atoms with Gasteiger partial charge in [0.05, 0.1) is 18.1 Å². The van der Waals surface area contributed by atoms with Gasteiger partial charge in [-0.1, -0.05) is 17.4 Å². The zero-order valence-electron chi connectivity index (χ0n) is 19.0. The van der Waals surface area contributed by atoms with Gasteiger partial charge in [0, 0.05) is 41.5 Å². The van der Waals surface area contributed by atoms with Crippen LogP contribution in [0.2, 0.25) is 0 Å². The number of aromatic nitrogens is 5. The summed E-state index contributed by atoms with van der Waals surface area (Å²) >= 11 is 1.57. The summed E-state index contributed by atoms with van der Waals surface area (Å²) in [4.78, 5) is 7.85. The van der Waals surface area contributed by atoms with Crippen LogP contribution in [0.15, 0.2) is 36.8 Å². The Labute approximate surface area is 191 Å². The molecular formula is C23H29N7OS. The van der Waals surface area contributed by atoms with E-state index >= 15 is 0 Å². The van der Waals surface area contributed by atoms with E-state index in [0.717, 1.165) is 34.1 Å². The van der Waals surface area contributed by atoms with Gasteiger partial charge in [0.25, 0.3) is 0 Å². The van der Waals surface area contributed by atoms with Crippen LogP contribution in [0.5, 0.6) is 5.75 Å². The second kappa shape index (κ2) is 7.31. The first kappa shape index (κ1) is 21.0. The molecular weight excluding hydrogens is 422 g/mol. The molecule has 0 radical (unpaired) electrons. The highest BCUT2D eigenvalue weighted by Gasteiger charge is 2.39. The van der Waals surface area contributed by atoms with Crippen LogP contribution in [0.3, 0.4) is 0 Å². The molecule has 0 saturated carbocycles. The molecule has 8 nitrogen and oxygen atoms in total. The van der Waals surface area contributed by atoms with E-state index in [1.807, 2.05) is 22.8 Å². The number of phenolic OH excluding ortho intramolecular Hbond substituents is 1. The van der Waals surface area contributed by atoms with Crippen LogP contribution in [0.25, 0.3) is 27.3 Å². The zero-order valence-corrected chi connectivity index (χ0v) is 19.9. The number of phenols is 1. The van der Waals surface area contributed by atoms with Gasteiger partial charge in [-0.15, -0.1) is 5.10 Å². The average molecular weight is 452 g/mol. The largest absolute Gasteiger partial charge is 0.507 e. The Kier molecular flexibility index (Phi) is 4.79. The van der Waals surface area contributed by atoms with Crippen molar-refractivity contribution in [1.29, 1.82) is 0 Å². The number of fused-ring (bicyclic) bond motifs is 1. The monoisotopic (exact) mass is 451 g/mol. The summed E-state index contributed by atoms with van der Waals surface area (Å²) in [6.07, 6.45) is 7.52. The van der Waals surface area contributed by atoms with Gasteiger partial charge < -0.3 is 15.3 Å². The molecule has 168 valence electrons. The zero-order chi connectivity index (χ0) is 22.7. The van der Waals surface area contributed by atoms with Crippen molar-refractivity contribution in [3.05, 3.63) is 36.8 Å². The van der Waals surface area contributed by atoms with Crippen molar-refractivity contribution < 1.29 is 5.11 Å². The van der Waals surface area contributed by atoms with Gasteiger partial charge in [0.2, 0.25) is 10.1 Å². The van der Waals surface area contributed by atoms with Crippen molar-refractivity contribution in [3.8, 4) is 28.1 Å². The second-order valence-electron chi connectivity index (χ2n) is 10.0. The van der Waals surface area contributed by atoms with Crippen LogP contribution >= 0.6 is 11.3 Å². The molecule has 1 aromatic carbocycles. The number of anilines is 1. The summed E-state index contributed by atoms with van der Waals surface area (Å²) in [5.41, 5.74) is 3.37. The number of aromatic hydroxyl groups is 1. The Morgan fingerprint density at radius 2 is 1.91 bits per heavy atom. The maximum Gasteiger partial charge on any atom is 0.214 e. The lowest BCUT2D eigenvalue weighted by atomic mass is 9.79. The maximum absolute atomic E-state index is 10.6. The van der Waals surface area contributed by atoms with Gasteiger partial charge in [-0.25, -0.2) is 9.50 Å². The second-order valence-corrected chi connectivity index (χ2v) is 11.0. The molecule has 3 N–H and O–H groups in total. The third-order valence-electron chi connectivity index (χ3n) is 6.16. The first-order chi connectivity index (χ1) is 15.1. The number of nitrogens with zero attached hydrogens (tertiary/aromatic N) is 5. The van der Waals surface area contributed by atoms with E-state index in [2.05, 4.69) is 55.2 Å². The highest BCUT2D eigenvalue weighted by Crippen LogP contribution is 2.36. The van der Waals surface area contributed by atoms with E-state index < -0.39 is 0 Å². The summed E-state index contributed by atoms with van der Waals surface area (Å²) in [5.74, 6) is 0.186. The summed E-state index contributed by atoms with van der Waals surface area (Å²) < 4.78 is 1.81. The van der Waals surface area contributed by atoms with Crippen molar-refractivity contribution in [2.45, 2.75) is 57.7 Å². The molecule has 4 aromatic rings. The van der Waals surface area contributed by atoms with E-state index in [1.165, 1.54) is 0 Å². The molecule has 0 amide bonds. The number of rotatable bonds is 4. The molecule has 5 rings (SSSR count). The van der Waals surface area contributed by atoms with Crippen molar-refractivity contribution in [3.63, 3.8) is 0 Å². The lowest BCUT2D eigenvalue weighted by Crippen LogP contribution is -2.61. The summed E-state index contributed by atoms with van der Waals surface area (Å²) in [5, 5.41) is 26.9. The molecule has 0 unspecified atom stereocenters. The van der Waals surface area contributed by atoms with E-state index in [-0.39, 0.29) is 16.8 Å². The fraction of sp³-hybridized carbons (Fsp3) is 0.435. The fourth-order valence-corrected chi connectivity index (χ4v) is 5.91. The van der Waals surface area contributed by atoms with Gasteiger partial charge in [-0.3, -0.25) is 5.10 Å². The van der Waals surface area contributed by atoms with Crippen LogP contribution in [-0.4, -0.2) is 54.1 Å². The van der Waals surface area contributed by atoms with Crippen LogP contribution < -0.4 is 10.2 Å². The average Bonchev–Trinajstić information content (AvgIpc) is 3.41. The number of benzene rings is 1. The maximum atomic E-state index is 10.6. The summed E-state index contributed by atoms with van der Waals surface area (Å²) in [6.45, 7) is 9.06. The van der Waals surface area contributed by atoms with Crippen LogP contribution in [0.1, 0.15) is 40.5 Å². The SMILES string of the molecule is CN(c1nn2cc(-c3ccc(-c4cn[nH]c4)cc3O)nc2s1)C1CC(C)(C)NC(C)(C)C1. The minimum atomic E-state index is 0.0748. The Hall–Kier alpha value is -2.91. The van der Waals surface area contributed by atoms with E-state index in [9.17, 15) is 5.11 Å². The molecule has 0 spiro atoms. The molecule has 3 aromatic heterocycles. The molecule has 1 fully saturated rings. The van der Waals surface area contributed by atoms with Crippen molar-refractivity contribution >= 4 is 21.4 Å². The van der Waals surface area contributed by atoms with Crippen LogP contribution in [0, 0.1) is 0 Å². The van der Waals surface area contributed by atoms with Crippen molar-refractivity contribution in [2.75, 3.05) is 11.9 Å². The first-order valence-corrected chi connectivity index (χ1v) is 11.6. The lowest BCUT2D eigenvalue weighted by Gasteiger charge is -2.48. The van der Waals surface area contributed by atoms with Gasteiger partial charge in [-0.05, 0) is 58.2 Å². The molecule has 1 aliphatic rings. The quantitative estimate of drug-likeness (QED) is 0.428. The Bertz CT molecular complexity index is 1210. The van der Waals surface area contributed by atoms with E-state index in [0.29, 0.717) is 17.3 Å². The van der Waals surface area contributed by atoms with Gasteiger partial charge in [0.15, 0.2) is 0 Å². The van der Waals surface area contributed by atoms with Crippen LogP contribution in [0.4, 0.5) is 5.13 Å². The third-order valence-corrected chi connectivity index (χ3v) is 7.17. The highest BCUT2D eigenvalue weighted by atomic mass is 32.1. The molecule has 0 bridgehead atoms. The molecule has 1 saturated heterocycles. The number of hydrogen-bond acceptors (Lipinski definition) is 7. The van der Waals surface area contributed by atoms with Gasteiger partial charge in [0.1, 0.15) is 5.75 Å². The molecule has 9 heteroatoms. The minimum Gasteiger partial charge on any atom is -0.507 e.